The van der Waals surface area contributed by atoms with E-state index in [4.69, 9.17) is 0 Å². The molecule has 0 rings (SSSR count). The molecule has 0 saturated heterocycles. The van der Waals surface area contributed by atoms with Crippen LogP contribution in [0.25, 0.3) is 0 Å². The normalized spacial score (nSPS) is 15.7. The van der Waals surface area contributed by atoms with E-state index in [1.54, 1.807) is 0 Å². The second kappa shape index (κ2) is 10.6. The Morgan fingerprint density at radius 2 is 1.00 bits per heavy atom. The molecule has 0 atom stereocenters. The highest BCUT2D eigenvalue weighted by molar-refractivity contribution is 14.3. The summed E-state index contributed by atoms with van der Waals surface area (Å²) in [4.78, 5) is 11.5. The number of rotatable bonds is 6. The van der Waals surface area contributed by atoms with Crippen molar-refractivity contribution >= 4 is 254 Å². The lowest BCUT2D eigenvalue weighted by atomic mass is 10.1. The van der Waals surface area contributed by atoms with Gasteiger partial charge in [0, 0.05) is 6.42 Å². The van der Waals surface area contributed by atoms with E-state index in [-0.39, 0.29) is 0.864 Å². The molecule has 0 bridgehead atoms. The van der Waals surface area contributed by atoms with Gasteiger partial charge in [-0.1, -0.05) is 248 Å². The summed E-state index contributed by atoms with van der Waals surface area (Å²) in [5.41, 5.74) is 0. The van der Waals surface area contributed by atoms with E-state index < -0.39 is 22.7 Å². The fraction of sp³-hybridized carbons (Fsp3) is 0.875. The van der Waals surface area contributed by atoms with Gasteiger partial charge in [0.1, 0.15) is 5.15 Å². The zero-order chi connectivity index (χ0) is 19.3. The standard InChI is InChI=1S/C8H2F3I11O/c9-4(10,11)2(23)1-3(12,13)5(14,15)6(16,17)7(18,19)8(20,21)22/h1H2. The average molecular weight is 1570 g/mol. The minimum atomic E-state index is -4.80. The van der Waals surface area contributed by atoms with Crippen LogP contribution in [0.3, 0.4) is 0 Å². The van der Waals surface area contributed by atoms with E-state index in [1.807, 2.05) is 45.2 Å². The first kappa shape index (κ1) is 30.5. The van der Waals surface area contributed by atoms with Gasteiger partial charge < -0.3 is 0 Å². The molecular formula is C8H2F3I11O. The van der Waals surface area contributed by atoms with Crippen molar-refractivity contribution in [2.24, 2.45) is 0 Å². The van der Waals surface area contributed by atoms with Crippen molar-refractivity contribution < 1.29 is 18.0 Å². The molecule has 0 aromatic heterocycles. The number of carbonyl (C=O) groups is 1. The number of Topliss-reactive ketones (excluding diaryl/α,β-unsaturated/α-hetero) is 1. The van der Waals surface area contributed by atoms with Crippen molar-refractivity contribution in [1.82, 2.24) is 0 Å². The van der Waals surface area contributed by atoms with Crippen molar-refractivity contribution in [2.45, 2.75) is 17.7 Å². The minimum absolute atomic E-state index is 0.178. The monoisotopic (exact) mass is 1570 g/mol. The molecule has 0 aliphatic carbocycles. The average Bonchev–Trinajstić information content (AvgIpc) is 2.24. The summed E-state index contributed by atoms with van der Waals surface area (Å²) < 4.78 is 35.7. The summed E-state index contributed by atoms with van der Waals surface area (Å²) >= 11 is 24.8. The van der Waals surface area contributed by atoms with Gasteiger partial charge in [-0.2, -0.15) is 13.2 Å². The Morgan fingerprint density at radius 3 is 1.26 bits per heavy atom. The topological polar surface area (TPSA) is 17.1 Å². The summed E-state index contributed by atoms with van der Waals surface area (Å²) in [6, 6.07) is 0. The van der Waals surface area contributed by atoms with Gasteiger partial charge in [0.2, 0.25) is 5.78 Å². The zero-order valence-corrected chi connectivity index (χ0v) is 33.6. The molecule has 23 heavy (non-hydrogen) atoms. The van der Waals surface area contributed by atoms with E-state index in [1.165, 1.54) is 0 Å². The highest BCUT2D eigenvalue weighted by Gasteiger charge is 2.69. The highest BCUT2D eigenvalue weighted by atomic mass is 127. The van der Waals surface area contributed by atoms with Gasteiger partial charge >= 0.3 is 6.18 Å². The van der Waals surface area contributed by atoms with Crippen molar-refractivity contribution in [3.05, 3.63) is 0 Å². The first-order valence-corrected chi connectivity index (χ1v) is 16.7. The van der Waals surface area contributed by atoms with E-state index in [2.05, 4.69) is 203 Å². The largest absolute Gasteiger partial charge is 0.450 e. The van der Waals surface area contributed by atoms with Gasteiger partial charge in [-0.05, 0) is 0 Å². The van der Waals surface area contributed by atoms with Crippen molar-refractivity contribution in [2.75, 3.05) is 0 Å². The highest BCUT2D eigenvalue weighted by Crippen LogP contribution is 2.74. The lowest BCUT2D eigenvalue weighted by Crippen LogP contribution is -2.59. The van der Waals surface area contributed by atoms with E-state index in [9.17, 15) is 18.0 Å². The molecule has 0 saturated carbocycles. The molecule has 0 unspecified atom stereocenters. The molecule has 0 heterocycles. The van der Waals surface area contributed by atoms with Gasteiger partial charge in [-0.3, -0.25) is 4.79 Å². The molecule has 0 aromatic rings. The minimum Gasteiger partial charge on any atom is -0.290 e. The third kappa shape index (κ3) is 7.51. The first-order chi connectivity index (χ1) is 9.63. The smallest absolute Gasteiger partial charge is 0.290 e. The van der Waals surface area contributed by atoms with Crippen molar-refractivity contribution in [1.29, 1.82) is 0 Å². The number of halogens is 14. The second-order valence-electron chi connectivity index (χ2n) is 4.02. The maximum atomic E-state index is 12.7. The molecule has 1 nitrogen and oxygen atoms in total. The fourth-order valence-corrected chi connectivity index (χ4v) is 14.7. The van der Waals surface area contributed by atoms with Gasteiger partial charge in [-0.25, -0.2) is 0 Å². The molecular weight excluding hydrogens is 1570 g/mol. The Kier molecular flexibility index (Phi) is 14.1. The number of alkyl halides is 14. The Morgan fingerprint density at radius 1 is 0.652 bits per heavy atom. The van der Waals surface area contributed by atoms with Gasteiger partial charge in [-0.15, -0.1) is 0 Å². The molecule has 0 N–H and O–H groups in total. The molecule has 0 aromatic carbocycles. The fourth-order valence-electron chi connectivity index (χ4n) is 1.02. The molecule has 15 heteroatoms. The molecule has 0 radical (unpaired) electrons. The Bertz CT molecular complexity index is 465. The Labute approximate surface area is 282 Å². The van der Waals surface area contributed by atoms with Crippen LogP contribution in [0.15, 0.2) is 0 Å². The summed E-state index contributed by atoms with van der Waals surface area (Å²) in [7, 11) is 0. The number of ketones is 1. The predicted octanol–water partition coefficient (Wildman–Crippen LogP) is 9.73. The number of hydrogen-bond donors (Lipinski definition) is 0. The molecule has 0 aliphatic heterocycles. The summed E-state index contributed by atoms with van der Waals surface area (Å²) in [5, 5.41) is 0. The molecule has 0 spiro atoms. The lowest BCUT2D eigenvalue weighted by Gasteiger charge is -2.51. The van der Waals surface area contributed by atoms with Gasteiger partial charge in [0.05, 0.1) is 0 Å². The van der Waals surface area contributed by atoms with Crippen LogP contribution in [-0.2, 0) is 4.79 Å². The van der Waals surface area contributed by atoms with Crippen molar-refractivity contribution in [3.8, 4) is 0 Å². The summed E-state index contributed by atoms with van der Waals surface area (Å²) in [5.74, 6) is -1.68. The Hall–Kier alpha value is 7.49. The second-order valence-corrected chi connectivity index (χ2v) is 36.7. The Balaban J connectivity index is 5.90. The third-order valence-electron chi connectivity index (χ3n) is 2.30. The van der Waals surface area contributed by atoms with Crippen molar-refractivity contribution in [3.63, 3.8) is 0 Å². The molecule has 0 aliphatic rings. The van der Waals surface area contributed by atoms with Crippen LogP contribution in [-0.4, -0.2) is 17.1 Å². The predicted molar refractivity (Wildman–Crippen MR) is 184 cm³/mol. The SMILES string of the molecule is O=C(CC(I)(I)C(I)(I)C(I)(I)C(I)(I)C(I)(I)I)C(F)(F)F. The van der Waals surface area contributed by atoms with Crippen LogP contribution < -0.4 is 0 Å². The van der Waals surface area contributed by atoms with Crippen LogP contribution >= 0.6 is 248 Å². The van der Waals surface area contributed by atoms with Crippen LogP contribution in [0.4, 0.5) is 13.2 Å². The van der Waals surface area contributed by atoms with Gasteiger partial charge in [0.15, 0.2) is 0 Å². The van der Waals surface area contributed by atoms with Crippen LogP contribution in [0.5, 0.6) is 0 Å². The lowest BCUT2D eigenvalue weighted by molar-refractivity contribution is -0.171. The quantitative estimate of drug-likeness (QED) is 0.192. The van der Waals surface area contributed by atoms with E-state index >= 15 is 0 Å². The maximum absolute atomic E-state index is 12.7. The third-order valence-corrected chi connectivity index (χ3v) is 35.6. The first-order valence-electron chi connectivity index (χ1n) is 4.81. The molecule has 138 valence electrons. The van der Waals surface area contributed by atoms with Gasteiger partial charge in [0.25, 0.3) is 0 Å². The summed E-state index contributed by atoms with van der Waals surface area (Å²) in [6.07, 6.45) is -5.35. The molecule has 0 fully saturated rings. The van der Waals surface area contributed by atoms with Crippen LogP contribution in [0.1, 0.15) is 6.42 Å². The van der Waals surface area contributed by atoms with Crippen LogP contribution in [0, 0.1) is 0 Å². The number of carbonyl (C=O) groups excluding carboxylic acids is 1. The number of hydrogen-bond acceptors (Lipinski definition) is 1. The summed E-state index contributed by atoms with van der Waals surface area (Å²) in [6.45, 7) is 0. The van der Waals surface area contributed by atoms with E-state index in [0.717, 1.165) is 0 Å². The zero-order valence-electron chi connectivity index (χ0n) is 9.91. The molecule has 0 amide bonds. The van der Waals surface area contributed by atoms with E-state index in [0.29, 0.717) is 0 Å². The maximum Gasteiger partial charge on any atom is 0.450 e. The van der Waals surface area contributed by atoms with Crippen LogP contribution in [0.2, 0.25) is 0 Å².